The van der Waals surface area contributed by atoms with Crippen molar-refractivity contribution in [2.45, 2.75) is 39.3 Å². The van der Waals surface area contributed by atoms with E-state index < -0.39 is 0 Å². The summed E-state index contributed by atoms with van der Waals surface area (Å²) in [5.74, 6) is 0.110. The predicted molar refractivity (Wildman–Crippen MR) is 67.6 cm³/mol. The van der Waals surface area contributed by atoms with E-state index in [2.05, 4.69) is 15.7 Å². The highest BCUT2D eigenvalue weighted by atomic mass is 16.1. The zero-order valence-electron chi connectivity index (χ0n) is 10.6. The third kappa shape index (κ3) is 6.06. The second-order valence-corrected chi connectivity index (χ2v) is 4.14. The van der Waals surface area contributed by atoms with Gasteiger partial charge >= 0.3 is 0 Å². The van der Waals surface area contributed by atoms with Crippen LogP contribution in [0.2, 0.25) is 0 Å². The molecule has 0 saturated carbocycles. The molecule has 0 aliphatic rings. The first-order chi connectivity index (χ1) is 8.22. The molecular formula is C12H22N4O. The van der Waals surface area contributed by atoms with Gasteiger partial charge in [0, 0.05) is 37.9 Å². The van der Waals surface area contributed by atoms with Crippen LogP contribution < -0.4 is 10.6 Å². The number of aromatic nitrogens is 2. The fourth-order valence-electron chi connectivity index (χ4n) is 1.67. The molecule has 1 rings (SSSR count). The molecule has 0 aliphatic heterocycles. The van der Waals surface area contributed by atoms with Crippen LogP contribution in [0, 0.1) is 0 Å². The first-order valence-corrected chi connectivity index (χ1v) is 6.20. The van der Waals surface area contributed by atoms with Crippen LogP contribution in [-0.4, -0.2) is 34.8 Å². The zero-order chi connectivity index (χ0) is 12.5. The molecule has 17 heavy (non-hydrogen) atoms. The predicted octanol–water partition coefficient (Wildman–Crippen LogP) is 0.777. The van der Waals surface area contributed by atoms with Gasteiger partial charge in [0.05, 0.1) is 0 Å². The quantitative estimate of drug-likeness (QED) is 0.658. The average molecular weight is 238 g/mol. The number of amides is 1. The summed E-state index contributed by atoms with van der Waals surface area (Å²) in [4.78, 5) is 11.5. The summed E-state index contributed by atoms with van der Waals surface area (Å²) in [6, 6.07) is 2.14. The molecule has 1 aromatic heterocycles. The van der Waals surface area contributed by atoms with Crippen LogP contribution >= 0.6 is 0 Å². The van der Waals surface area contributed by atoms with Crippen LogP contribution in [0.25, 0.3) is 0 Å². The molecule has 5 nitrogen and oxygen atoms in total. The van der Waals surface area contributed by atoms with E-state index in [1.54, 1.807) is 6.20 Å². The Labute approximate surface area is 103 Å². The fourth-order valence-corrected chi connectivity index (χ4v) is 1.67. The van der Waals surface area contributed by atoms with E-state index in [4.69, 9.17) is 0 Å². The third-order valence-electron chi connectivity index (χ3n) is 2.49. The number of rotatable bonds is 8. The van der Waals surface area contributed by atoms with E-state index >= 15 is 0 Å². The Morgan fingerprint density at radius 1 is 1.53 bits per heavy atom. The highest BCUT2D eigenvalue weighted by Gasteiger charge is 2.06. The Morgan fingerprint density at radius 3 is 3.00 bits per heavy atom. The normalized spacial score (nSPS) is 12.4. The monoisotopic (exact) mass is 238 g/mol. The second kappa shape index (κ2) is 7.84. The smallest absolute Gasteiger partial charge is 0.221 e. The van der Waals surface area contributed by atoms with Crippen LogP contribution in [0.3, 0.4) is 0 Å². The van der Waals surface area contributed by atoms with Crippen LogP contribution in [-0.2, 0) is 11.3 Å². The van der Waals surface area contributed by atoms with Gasteiger partial charge in [0.2, 0.25) is 5.91 Å². The minimum Gasteiger partial charge on any atom is -0.356 e. The number of hydrogen-bond donors (Lipinski definition) is 2. The van der Waals surface area contributed by atoms with E-state index in [1.807, 2.05) is 30.8 Å². The van der Waals surface area contributed by atoms with Crippen LogP contribution in [0.4, 0.5) is 0 Å². The Hall–Kier alpha value is -1.36. The standard InChI is InChI=1S/C12H22N4O/c1-3-13-11(2)10-12(17)14-6-4-8-16-9-5-7-15-16/h5,7,9,11,13H,3-4,6,8,10H2,1-2H3,(H,14,17). The Kier molecular flexibility index (Phi) is 6.32. The first kappa shape index (κ1) is 13.7. The molecule has 96 valence electrons. The van der Waals surface area contributed by atoms with Crippen molar-refractivity contribution in [3.05, 3.63) is 18.5 Å². The summed E-state index contributed by atoms with van der Waals surface area (Å²) < 4.78 is 1.87. The van der Waals surface area contributed by atoms with Gasteiger partial charge in [-0.05, 0) is 26.0 Å². The van der Waals surface area contributed by atoms with Gasteiger partial charge in [-0.3, -0.25) is 9.48 Å². The van der Waals surface area contributed by atoms with E-state index in [0.717, 1.165) is 19.5 Å². The van der Waals surface area contributed by atoms with E-state index in [9.17, 15) is 4.79 Å². The average Bonchev–Trinajstić information content (AvgIpc) is 2.77. The number of nitrogens with zero attached hydrogens (tertiary/aromatic N) is 2. The maximum Gasteiger partial charge on any atom is 0.221 e. The molecule has 0 spiro atoms. The van der Waals surface area contributed by atoms with Gasteiger partial charge in [0.1, 0.15) is 0 Å². The Balaban J connectivity index is 2.04. The molecule has 0 fully saturated rings. The van der Waals surface area contributed by atoms with Gasteiger partial charge in [-0.2, -0.15) is 5.10 Å². The highest BCUT2D eigenvalue weighted by molar-refractivity contribution is 5.76. The van der Waals surface area contributed by atoms with Crippen LogP contribution in [0.1, 0.15) is 26.7 Å². The maximum atomic E-state index is 11.5. The molecule has 1 atom stereocenters. The minimum atomic E-state index is 0.110. The van der Waals surface area contributed by atoms with E-state index in [1.165, 1.54) is 0 Å². The van der Waals surface area contributed by atoms with Crippen molar-refractivity contribution >= 4 is 5.91 Å². The van der Waals surface area contributed by atoms with Crippen molar-refractivity contribution in [3.63, 3.8) is 0 Å². The largest absolute Gasteiger partial charge is 0.356 e. The van der Waals surface area contributed by atoms with E-state index in [0.29, 0.717) is 13.0 Å². The Morgan fingerprint density at radius 2 is 2.35 bits per heavy atom. The molecule has 1 unspecified atom stereocenters. The molecule has 0 saturated heterocycles. The summed E-state index contributed by atoms with van der Waals surface area (Å²) in [5.41, 5.74) is 0. The third-order valence-corrected chi connectivity index (χ3v) is 2.49. The van der Waals surface area contributed by atoms with Crippen molar-refractivity contribution in [1.29, 1.82) is 0 Å². The SMILES string of the molecule is CCNC(C)CC(=O)NCCCn1cccn1. The van der Waals surface area contributed by atoms with Crippen molar-refractivity contribution in [3.8, 4) is 0 Å². The summed E-state index contributed by atoms with van der Waals surface area (Å²) in [6.07, 6.45) is 5.13. The molecule has 0 radical (unpaired) electrons. The molecular weight excluding hydrogens is 216 g/mol. The molecule has 5 heteroatoms. The summed E-state index contributed by atoms with van der Waals surface area (Å²) in [5, 5.41) is 10.2. The number of carbonyl (C=O) groups excluding carboxylic acids is 1. The maximum absolute atomic E-state index is 11.5. The van der Waals surface area contributed by atoms with Gasteiger partial charge in [0.25, 0.3) is 0 Å². The molecule has 2 N–H and O–H groups in total. The minimum absolute atomic E-state index is 0.110. The molecule has 0 bridgehead atoms. The fraction of sp³-hybridized carbons (Fsp3) is 0.667. The lowest BCUT2D eigenvalue weighted by atomic mass is 10.2. The summed E-state index contributed by atoms with van der Waals surface area (Å²) in [7, 11) is 0. The zero-order valence-corrected chi connectivity index (χ0v) is 10.6. The lowest BCUT2D eigenvalue weighted by Crippen LogP contribution is -2.34. The molecule has 0 aromatic carbocycles. The van der Waals surface area contributed by atoms with Gasteiger partial charge < -0.3 is 10.6 Å². The van der Waals surface area contributed by atoms with Gasteiger partial charge in [0.15, 0.2) is 0 Å². The van der Waals surface area contributed by atoms with Gasteiger partial charge in [-0.15, -0.1) is 0 Å². The molecule has 1 aromatic rings. The topological polar surface area (TPSA) is 59.0 Å². The number of hydrogen-bond acceptors (Lipinski definition) is 3. The second-order valence-electron chi connectivity index (χ2n) is 4.14. The number of carbonyl (C=O) groups is 1. The van der Waals surface area contributed by atoms with Crippen LogP contribution in [0.15, 0.2) is 18.5 Å². The van der Waals surface area contributed by atoms with Crippen LogP contribution in [0.5, 0.6) is 0 Å². The van der Waals surface area contributed by atoms with Crippen molar-refractivity contribution in [2.24, 2.45) is 0 Å². The van der Waals surface area contributed by atoms with Crippen molar-refractivity contribution in [2.75, 3.05) is 13.1 Å². The van der Waals surface area contributed by atoms with Crippen molar-refractivity contribution < 1.29 is 4.79 Å². The van der Waals surface area contributed by atoms with Gasteiger partial charge in [-0.1, -0.05) is 6.92 Å². The first-order valence-electron chi connectivity index (χ1n) is 6.20. The summed E-state index contributed by atoms with van der Waals surface area (Å²) >= 11 is 0. The lowest BCUT2D eigenvalue weighted by Gasteiger charge is -2.12. The molecule has 0 aliphatic carbocycles. The Bertz CT molecular complexity index is 310. The molecule has 1 amide bonds. The lowest BCUT2D eigenvalue weighted by molar-refractivity contribution is -0.121. The van der Waals surface area contributed by atoms with E-state index in [-0.39, 0.29) is 11.9 Å². The number of aryl methyl sites for hydroxylation is 1. The highest BCUT2D eigenvalue weighted by Crippen LogP contribution is 1.91. The number of nitrogens with one attached hydrogen (secondary N) is 2. The summed E-state index contributed by atoms with van der Waals surface area (Å²) in [6.45, 7) is 6.51. The van der Waals surface area contributed by atoms with Crippen molar-refractivity contribution in [1.82, 2.24) is 20.4 Å². The molecule has 1 heterocycles. The van der Waals surface area contributed by atoms with Gasteiger partial charge in [-0.25, -0.2) is 0 Å².